The number of phenolic OH excluding ortho intramolecular Hbond substituents is 1. The Morgan fingerprint density at radius 2 is 1.79 bits per heavy atom. The number of pyridine rings is 1. The zero-order chi connectivity index (χ0) is 13.5. The molecule has 0 aliphatic heterocycles. The van der Waals surface area contributed by atoms with Gasteiger partial charge in [0.25, 0.3) is 0 Å². The van der Waals surface area contributed by atoms with E-state index in [-0.39, 0.29) is 11.8 Å². The molecule has 0 aliphatic rings. The maximum Gasteiger partial charge on any atom is 0.137 e. The molecule has 2 N–H and O–H groups in total. The molecular formula is C15H16N2O2. The van der Waals surface area contributed by atoms with Crippen molar-refractivity contribution in [2.24, 2.45) is 0 Å². The van der Waals surface area contributed by atoms with E-state index >= 15 is 0 Å². The fourth-order valence-electron chi connectivity index (χ4n) is 1.80. The van der Waals surface area contributed by atoms with Gasteiger partial charge in [-0.25, -0.2) is 0 Å². The maximum absolute atomic E-state index is 11.1. The predicted molar refractivity (Wildman–Crippen MR) is 72.7 cm³/mol. The van der Waals surface area contributed by atoms with Gasteiger partial charge in [-0.2, -0.15) is 0 Å². The zero-order valence-electron chi connectivity index (χ0n) is 10.5. The Morgan fingerprint density at radius 3 is 2.42 bits per heavy atom. The standard InChI is InChI=1S/C15H16N2O2/c18-11-14(9-12-1-3-15(19)4-2-12)17-10-13-5-7-16-8-6-13/h1-8,11,14,17,19H,9-10H2/t14-/m0/s1. The van der Waals surface area contributed by atoms with Crippen LogP contribution >= 0.6 is 0 Å². The van der Waals surface area contributed by atoms with Gasteiger partial charge in [0.1, 0.15) is 12.0 Å². The minimum atomic E-state index is -0.238. The van der Waals surface area contributed by atoms with E-state index in [1.807, 2.05) is 24.3 Å². The number of benzene rings is 1. The molecule has 0 bridgehead atoms. The molecule has 0 amide bonds. The Bertz CT molecular complexity index is 511. The van der Waals surface area contributed by atoms with E-state index in [4.69, 9.17) is 0 Å². The normalized spacial score (nSPS) is 12.0. The Kier molecular flexibility index (Phi) is 4.64. The quantitative estimate of drug-likeness (QED) is 0.772. The Hall–Kier alpha value is -2.20. The molecule has 1 heterocycles. The van der Waals surface area contributed by atoms with Gasteiger partial charge in [0.2, 0.25) is 0 Å². The van der Waals surface area contributed by atoms with Gasteiger partial charge >= 0.3 is 0 Å². The van der Waals surface area contributed by atoms with Gasteiger partial charge in [0.05, 0.1) is 6.04 Å². The van der Waals surface area contributed by atoms with Crippen molar-refractivity contribution >= 4 is 6.29 Å². The van der Waals surface area contributed by atoms with Crippen molar-refractivity contribution in [3.05, 3.63) is 59.9 Å². The predicted octanol–water partition coefficient (Wildman–Crippen LogP) is 1.69. The van der Waals surface area contributed by atoms with Crippen LogP contribution in [0.15, 0.2) is 48.8 Å². The monoisotopic (exact) mass is 256 g/mol. The second kappa shape index (κ2) is 6.66. The number of carbonyl (C=O) groups excluding carboxylic acids is 1. The molecule has 4 nitrogen and oxygen atoms in total. The number of aromatic hydroxyl groups is 1. The third-order valence-corrected chi connectivity index (χ3v) is 2.87. The summed E-state index contributed by atoms with van der Waals surface area (Å²) >= 11 is 0. The average molecular weight is 256 g/mol. The van der Waals surface area contributed by atoms with Crippen LogP contribution in [0.1, 0.15) is 11.1 Å². The summed E-state index contributed by atoms with van der Waals surface area (Å²) in [5.41, 5.74) is 2.10. The van der Waals surface area contributed by atoms with Gasteiger partial charge in [-0.3, -0.25) is 4.98 Å². The van der Waals surface area contributed by atoms with Gasteiger partial charge in [-0.1, -0.05) is 12.1 Å². The molecule has 0 saturated carbocycles. The molecule has 2 aromatic rings. The Labute approximate surface area is 112 Å². The maximum atomic E-state index is 11.1. The summed E-state index contributed by atoms with van der Waals surface area (Å²) in [5.74, 6) is 0.233. The minimum Gasteiger partial charge on any atom is -0.508 e. The summed E-state index contributed by atoms with van der Waals surface area (Å²) in [6.45, 7) is 0.629. The van der Waals surface area contributed by atoms with E-state index in [9.17, 15) is 9.90 Å². The summed E-state index contributed by atoms with van der Waals surface area (Å²) in [7, 11) is 0. The van der Waals surface area contributed by atoms with E-state index in [1.165, 1.54) is 0 Å². The summed E-state index contributed by atoms with van der Waals surface area (Å²) in [4.78, 5) is 15.0. The lowest BCUT2D eigenvalue weighted by molar-refractivity contribution is -0.109. The third-order valence-electron chi connectivity index (χ3n) is 2.87. The van der Waals surface area contributed by atoms with Crippen LogP contribution in [0.5, 0.6) is 5.75 Å². The highest BCUT2D eigenvalue weighted by molar-refractivity contribution is 5.58. The van der Waals surface area contributed by atoms with Crippen LogP contribution < -0.4 is 5.32 Å². The first kappa shape index (κ1) is 13.2. The lowest BCUT2D eigenvalue weighted by Crippen LogP contribution is -2.32. The van der Waals surface area contributed by atoms with E-state index in [1.54, 1.807) is 24.5 Å². The van der Waals surface area contributed by atoms with Crippen molar-refractivity contribution in [2.45, 2.75) is 19.0 Å². The number of hydrogen-bond donors (Lipinski definition) is 2. The van der Waals surface area contributed by atoms with Crippen molar-refractivity contribution in [1.82, 2.24) is 10.3 Å². The van der Waals surface area contributed by atoms with E-state index < -0.39 is 0 Å². The smallest absolute Gasteiger partial charge is 0.137 e. The molecular weight excluding hydrogens is 240 g/mol. The number of aromatic nitrogens is 1. The van der Waals surface area contributed by atoms with Crippen molar-refractivity contribution in [3.8, 4) is 5.75 Å². The first-order chi connectivity index (χ1) is 9.28. The third kappa shape index (κ3) is 4.19. The molecule has 1 aromatic heterocycles. The van der Waals surface area contributed by atoms with Crippen molar-refractivity contribution in [3.63, 3.8) is 0 Å². The summed E-state index contributed by atoms with van der Waals surface area (Å²) in [6, 6.07) is 10.5. The van der Waals surface area contributed by atoms with E-state index in [0.717, 1.165) is 17.4 Å². The van der Waals surface area contributed by atoms with Crippen LogP contribution in [-0.4, -0.2) is 22.4 Å². The Morgan fingerprint density at radius 1 is 1.11 bits per heavy atom. The number of phenols is 1. The number of nitrogens with zero attached hydrogens (tertiary/aromatic N) is 1. The second-order valence-electron chi connectivity index (χ2n) is 4.35. The lowest BCUT2D eigenvalue weighted by atomic mass is 10.1. The van der Waals surface area contributed by atoms with E-state index in [2.05, 4.69) is 10.3 Å². The van der Waals surface area contributed by atoms with Crippen LogP contribution in [0.2, 0.25) is 0 Å². The highest BCUT2D eigenvalue weighted by Gasteiger charge is 2.07. The molecule has 98 valence electrons. The number of carbonyl (C=O) groups is 1. The number of aldehydes is 1. The molecule has 0 fully saturated rings. The molecule has 0 aliphatic carbocycles. The van der Waals surface area contributed by atoms with Gasteiger partial charge in [0.15, 0.2) is 0 Å². The van der Waals surface area contributed by atoms with Crippen LogP contribution in [0.3, 0.4) is 0 Å². The highest BCUT2D eigenvalue weighted by atomic mass is 16.3. The first-order valence-electron chi connectivity index (χ1n) is 6.13. The fourth-order valence-corrected chi connectivity index (χ4v) is 1.80. The van der Waals surface area contributed by atoms with Crippen LogP contribution in [-0.2, 0) is 17.8 Å². The summed E-state index contributed by atoms with van der Waals surface area (Å²) in [6.07, 6.45) is 4.97. The molecule has 0 saturated heterocycles. The minimum absolute atomic E-state index is 0.233. The number of hydrogen-bond acceptors (Lipinski definition) is 4. The fraction of sp³-hybridized carbons (Fsp3) is 0.200. The molecule has 0 radical (unpaired) electrons. The van der Waals surface area contributed by atoms with Crippen molar-refractivity contribution in [1.29, 1.82) is 0 Å². The summed E-state index contributed by atoms with van der Waals surface area (Å²) < 4.78 is 0. The lowest BCUT2D eigenvalue weighted by Gasteiger charge is -2.12. The zero-order valence-corrected chi connectivity index (χ0v) is 10.5. The van der Waals surface area contributed by atoms with Crippen LogP contribution in [0.4, 0.5) is 0 Å². The molecule has 19 heavy (non-hydrogen) atoms. The molecule has 0 spiro atoms. The Balaban J connectivity index is 1.90. The highest BCUT2D eigenvalue weighted by Crippen LogP contribution is 2.11. The van der Waals surface area contributed by atoms with Gasteiger partial charge < -0.3 is 15.2 Å². The van der Waals surface area contributed by atoms with Crippen molar-refractivity contribution < 1.29 is 9.90 Å². The molecule has 4 heteroatoms. The SMILES string of the molecule is O=C[C@H](Cc1ccc(O)cc1)NCc1ccncc1. The van der Waals surface area contributed by atoms with E-state index in [0.29, 0.717) is 13.0 Å². The molecule has 2 rings (SSSR count). The number of rotatable bonds is 6. The van der Waals surface area contributed by atoms with Crippen molar-refractivity contribution in [2.75, 3.05) is 0 Å². The molecule has 1 atom stereocenters. The largest absolute Gasteiger partial charge is 0.508 e. The molecule has 0 unspecified atom stereocenters. The number of nitrogens with one attached hydrogen (secondary N) is 1. The van der Waals surface area contributed by atoms with Crippen LogP contribution in [0, 0.1) is 0 Å². The van der Waals surface area contributed by atoms with Gasteiger partial charge in [0, 0.05) is 18.9 Å². The van der Waals surface area contributed by atoms with Crippen LogP contribution in [0.25, 0.3) is 0 Å². The molecule has 1 aromatic carbocycles. The second-order valence-corrected chi connectivity index (χ2v) is 4.35. The summed E-state index contributed by atoms with van der Waals surface area (Å²) in [5, 5.41) is 12.4. The van der Waals surface area contributed by atoms with Gasteiger partial charge in [-0.15, -0.1) is 0 Å². The topological polar surface area (TPSA) is 62.2 Å². The first-order valence-corrected chi connectivity index (χ1v) is 6.13. The average Bonchev–Trinajstić information content (AvgIpc) is 2.46. The van der Waals surface area contributed by atoms with Gasteiger partial charge in [-0.05, 0) is 41.8 Å².